The first-order valence-electron chi connectivity index (χ1n) is 13.1. The van der Waals surface area contributed by atoms with Crippen molar-refractivity contribution in [3.63, 3.8) is 0 Å². The summed E-state index contributed by atoms with van der Waals surface area (Å²) in [6.07, 6.45) is -0.685. The van der Waals surface area contributed by atoms with E-state index in [-0.39, 0.29) is 41.8 Å². The Hall–Kier alpha value is -4.00. The molecule has 0 spiro atoms. The average Bonchev–Trinajstić information content (AvgIpc) is 2.95. The Bertz CT molecular complexity index is 1490. The number of likely N-dealkylation sites (N-methyl/N-ethyl adjacent to an activating group) is 1. The number of halogens is 1. The number of fused-ring (bicyclic) bond motifs is 1. The summed E-state index contributed by atoms with van der Waals surface area (Å²) in [7, 11) is -2.55. The van der Waals surface area contributed by atoms with E-state index in [0.717, 1.165) is 16.4 Å². The molecule has 0 saturated heterocycles. The molecule has 3 N–H and O–H groups in total. The van der Waals surface area contributed by atoms with E-state index in [9.17, 15) is 27.5 Å². The zero-order valence-electron chi connectivity index (χ0n) is 23.0. The zero-order valence-corrected chi connectivity index (χ0v) is 23.8. The number of amides is 3. The molecule has 4 rings (SSSR count). The summed E-state index contributed by atoms with van der Waals surface area (Å²) in [5.41, 5.74) is 1.09. The molecule has 0 unspecified atom stereocenters. The number of hydrogen-bond donors (Lipinski definition) is 3. The number of aliphatic hydroxyl groups excluding tert-OH is 1. The molecule has 12 heteroatoms. The van der Waals surface area contributed by atoms with Crippen molar-refractivity contribution in [2.45, 2.75) is 30.9 Å². The van der Waals surface area contributed by atoms with Gasteiger partial charge in [0.05, 0.1) is 29.7 Å². The Balaban J connectivity index is 1.61. The number of sulfonamides is 1. The lowest BCUT2D eigenvalue weighted by atomic mass is 9.99. The Morgan fingerprint density at radius 1 is 1.10 bits per heavy atom. The molecule has 1 aliphatic rings. The number of carbonyl (C=O) groups is 2. The van der Waals surface area contributed by atoms with Crippen LogP contribution in [0.5, 0.6) is 5.75 Å². The quantitative estimate of drug-likeness (QED) is 0.367. The normalized spacial score (nSPS) is 18.1. The second-order valence-corrected chi connectivity index (χ2v) is 12.1. The number of ether oxygens (including phenoxy) is 1. The zero-order chi connectivity index (χ0) is 29.7. The van der Waals surface area contributed by atoms with Gasteiger partial charge in [-0.25, -0.2) is 17.6 Å². The SMILES string of the molecule is C[C@H](CO)N1C[C@H](C)[C@@H](CN(C)S(=O)(=O)c2ccc(F)cc2)Oc2ccc(NC(=O)Nc3ccccc3)cc2C1=O. The number of para-hydroxylation sites is 1. The van der Waals surface area contributed by atoms with Crippen LogP contribution in [0.25, 0.3) is 0 Å². The minimum atomic E-state index is -3.96. The number of nitrogens with zero attached hydrogens (tertiary/aromatic N) is 2. The number of nitrogens with one attached hydrogen (secondary N) is 2. The van der Waals surface area contributed by atoms with Gasteiger partial charge in [0.2, 0.25) is 10.0 Å². The van der Waals surface area contributed by atoms with Gasteiger partial charge in [0.25, 0.3) is 5.91 Å². The summed E-state index contributed by atoms with van der Waals surface area (Å²) < 4.78 is 47.1. The third kappa shape index (κ3) is 7.02. The molecular formula is C29H33FN4O6S. The molecule has 0 saturated carbocycles. The smallest absolute Gasteiger partial charge is 0.323 e. The van der Waals surface area contributed by atoms with Crippen LogP contribution in [-0.4, -0.2) is 73.6 Å². The minimum Gasteiger partial charge on any atom is -0.488 e. The maximum atomic E-state index is 13.6. The highest BCUT2D eigenvalue weighted by atomic mass is 32.2. The monoisotopic (exact) mass is 584 g/mol. The van der Waals surface area contributed by atoms with E-state index in [1.54, 1.807) is 43.3 Å². The molecule has 0 fully saturated rings. The van der Waals surface area contributed by atoms with Crippen LogP contribution < -0.4 is 15.4 Å². The Morgan fingerprint density at radius 2 is 1.76 bits per heavy atom. The number of benzene rings is 3. The number of urea groups is 1. The van der Waals surface area contributed by atoms with Crippen LogP contribution in [0.4, 0.5) is 20.6 Å². The van der Waals surface area contributed by atoms with E-state index in [0.29, 0.717) is 11.4 Å². The van der Waals surface area contributed by atoms with E-state index >= 15 is 0 Å². The van der Waals surface area contributed by atoms with Crippen LogP contribution >= 0.6 is 0 Å². The van der Waals surface area contributed by atoms with Crippen molar-refractivity contribution < 1.29 is 32.2 Å². The van der Waals surface area contributed by atoms with Gasteiger partial charge in [-0.05, 0) is 61.5 Å². The van der Waals surface area contributed by atoms with Gasteiger partial charge in [0, 0.05) is 30.9 Å². The second kappa shape index (κ2) is 12.7. The molecule has 218 valence electrons. The van der Waals surface area contributed by atoms with Crippen LogP contribution in [0, 0.1) is 11.7 Å². The predicted molar refractivity (Wildman–Crippen MR) is 153 cm³/mol. The topological polar surface area (TPSA) is 128 Å². The molecule has 41 heavy (non-hydrogen) atoms. The highest BCUT2D eigenvalue weighted by Crippen LogP contribution is 2.31. The first-order valence-corrected chi connectivity index (χ1v) is 14.5. The highest BCUT2D eigenvalue weighted by molar-refractivity contribution is 7.89. The maximum absolute atomic E-state index is 13.6. The molecule has 3 aromatic rings. The predicted octanol–water partition coefficient (Wildman–Crippen LogP) is 4.01. The fraction of sp³-hybridized carbons (Fsp3) is 0.310. The number of rotatable bonds is 8. The molecule has 0 aromatic heterocycles. The number of hydrogen-bond acceptors (Lipinski definition) is 6. The average molecular weight is 585 g/mol. The van der Waals surface area contributed by atoms with Crippen LogP contribution in [0.1, 0.15) is 24.2 Å². The molecule has 3 amide bonds. The molecule has 0 radical (unpaired) electrons. The Labute approximate surface area is 238 Å². The Kier molecular flexibility index (Phi) is 9.26. The Morgan fingerprint density at radius 3 is 2.41 bits per heavy atom. The summed E-state index contributed by atoms with van der Waals surface area (Å²) in [5.74, 6) is -1.06. The van der Waals surface area contributed by atoms with Crippen molar-refractivity contribution in [1.82, 2.24) is 9.21 Å². The number of carbonyl (C=O) groups excluding carboxylic acids is 2. The summed E-state index contributed by atoms with van der Waals surface area (Å²) in [5, 5.41) is 15.3. The summed E-state index contributed by atoms with van der Waals surface area (Å²) in [6, 6.07) is 17.0. The van der Waals surface area contributed by atoms with Gasteiger partial charge < -0.3 is 25.4 Å². The lowest BCUT2D eigenvalue weighted by Gasteiger charge is -2.38. The van der Waals surface area contributed by atoms with Gasteiger partial charge in [-0.15, -0.1) is 0 Å². The third-order valence-corrected chi connectivity index (χ3v) is 8.75. The molecule has 10 nitrogen and oxygen atoms in total. The van der Waals surface area contributed by atoms with E-state index in [4.69, 9.17) is 4.74 Å². The number of aliphatic hydroxyl groups is 1. The molecule has 0 aliphatic carbocycles. The van der Waals surface area contributed by atoms with Crippen molar-refractivity contribution in [3.05, 3.63) is 84.2 Å². The van der Waals surface area contributed by atoms with Crippen molar-refractivity contribution in [2.24, 2.45) is 5.92 Å². The standard InChI is InChI=1S/C29H33FN4O6S/c1-19-16-34(20(2)18-35)28(36)25-15-23(32-29(37)31-22-7-5-4-6-8-22)11-14-26(25)40-27(19)17-33(3)41(38,39)24-12-9-21(30)10-13-24/h4-15,19-20,27,35H,16-18H2,1-3H3,(H2,31,32,37)/t19-,20+,27+/m0/s1. The summed E-state index contributed by atoms with van der Waals surface area (Å²) in [6.45, 7) is 3.39. The van der Waals surface area contributed by atoms with Crippen molar-refractivity contribution >= 4 is 33.3 Å². The van der Waals surface area contributed by atoms with E-state index < -0.39 is 39.9 Å². The van der Waals surface area contributed by atoms with Crippen LogP contribution in [0.15, 0.2) is 77.7 Å². The fourth-order valence-electron chi connectivity index (χ4n) is 4.47. The highest BCUT2D eigenvalue weighted by Gasteiger charge is 2.35. The van der Waals surface area contributed by atoms with Gasteiger partial charge in [0.15, 0.2) is 0 Å². The first kappa shape index (κ1) is 30.0. The largest absolute Gasteiger partial charge is 0.488 e. The first-order chi connectivity index (χ1) is 19.5. The van der Waals surface area contributed by atoms with Gasteiger partial charge in [-0.1, -0.05) is 25.1 Å². The second-order valence-electron chi connectivity index (χ2n) is 10.0. The fourth-order valence-corrected chi connectivity index (χ4v) is 5.65. The van der Waals surface area contributed by atoms with Gasteiger partial charge in [0.1, 0.15) is 17.7 Å². The van der Waals surface area contributed by atoms with E-state index in [2.05, 4.69) is 10.6 Å². The van der Waals surface area contributed by atoms with Crippen LogP contribution in [-0.2, 0) is 10.0 Å². The molecule has 0 bridgehead atoms. The molecule has 1 heterocycles. The molecular weight excluding hydrogens is 551 g/mol. The van der Waals surface area contributed by atoms with Crippen molar-refractivity contribution in [3.8, 4) is 5.75 Å². The third-order valence-electron chi connectivity index (χ3n) is 6.91. The van der Waals surface area contributed by atoms with Gasteiger partial charge in [-0.3, -0.25) is 4.79 Å². The number of anilines is 2. The van der Waals surface area contributed by atoms with E-state index in [1.165, 1.54) is 30.1 Å². The van der Waals surface area contributed by atoms with E-state index in [1.807, 2.05) is 13.0 Å². The molecule has 1 aliphatic heterocycles. The summed E-state index contributed by atoms with van der Waals surface area (Å²) in [4.78, 5) is 27.6. The van der Waals surface area contributed by atoms with Crippen molar-refractivity contribution in [2.75, 3.05) is 37.4 Å². The molecule has 3 atom stereocenters. The summed E-state index contributed by atoms with van der Waals surface area (Å²) >= 11 is 0. The van der Waals surface area contributed by atoms with Crippen molar-refractivity contribution in [1.29, 1.82) is 0 Å². The minimum absolute atomic E-state index is 0.0597. The maximum Gasteiger partial charge on any atom is 0.323 e. The molecule has 3 aromatic carbocycles. The van der Waals surface area contributed by atoms with Gasteiger partial charge >= 0.3 is 6.03 Å². The van der Waals surface area contributed by atoms with Gasteiger partial charge in [-0.2, -0.15) is 4.31 Å². The lowest BCUT2D eigenvalue weighted by molar-refractivity contribution is 0.0387. The van der Waals surface area contributed by atoms with Crippen LogP contribution in [0.2, 0.25) is 0 Å². The van der Waals surface area contributed by atoms with Crippen LogP contribution in [0.3, 0.4) is 0 Å². The lowest BCUT2D eigenvalue weighted by Crippen LogP contribution is -2.50.